The number of fused-ring (bicyclic) bond motifs is 2. The lowest BCUT2D eigenvalue weighted by Gasteiger charge is -2.23. The number of hydrogen-bond donors (Lipinski definition) is 3. The van der Waals surface area contributed by atoms with E-state index in [1.165, 1.54) is 24.3 Å². The number of rotatable bonds is 13. The van der Waals surface area contributed by atoms with Crippen molar-refractivity contribution in [1.29, 1.82) is 0 Å². The van der Waals surface area contributed by atoms with Crippen molar-refractivity contribution in [3.8, 4) is 5.75 Å². The molecule has 1 unspecified atom stereocenters. The number of hydrogen-bond acceptors (Lipinski definition) is 11. The van der Waals surface area contributed by atoms with Crippen molar-refractivity contribution in [2.45, 2.75) is 65.9 Å². The summed E-state index contributed by atoms with van der Waals surface area (Å²) >= 11 is 0. The Morgan fingerprint density at radius 3 is 2.28 bits per heavy atom. The highest BCUT2D eigenvalue weighted by Gasteiger charge is 2.34. The van der Waals surface area contributed by atoms with E-state index in [0.29, 0.717) is 17.3 Å². The number of aromatic nitrogens is 1. The van der Waals surface area contributed by atoms with E-state index in [0.717, 1.165) is 5.56 Å². The SMILES string of the molecule is CCC(C)(C)C(=O)OCC(COC(=O)c1ccc2c(c1)C(O)=C(c1nc3ccc(C(C)C)cc3cc1O)C2=O)OC(=O)CCC(=O)O. The quantitative estimate of drug-likeness (QED) is 0.154. The topological polar surface area (TPSA) is 187 Å². The zero-order chi connectivity index (χ0) is 34.6. The molecule has 0 spiro atoms. The van der Waals surface area contributed by atoms with E-state index in [1.54, 1.807) is 26.8 Å². The maximum atomic E-state index is 13.3. The third-order valence-electron chi connectivity index (χ3n) is 8.02. The lowest BCUT2D eigenvalue weighted by Crippen LogP contribution is -2.34. The van der Waals surface area contributed by atoms with Crippen LogP contribution in [0.2, 0.25) is 0 Å². The van der Waals surface area contributed by atoms with Crippen LogP contribution in [0.25, 0.3) is 22.2 Å². The Balaban J connectivity index is 1.54. The van der Waals surface area contributed by atoms with E-state index in [-0.39, 0.29) is 39.6 Å². The molecule has 0 fully saturated rings. The summed E-state index contributed by atoms with van der Waals surface area (Å²) in [7, 11) is 0. The van der Waals surface area contributed by atoms with Gasteiger partial charge in [-0.05, 0) is 68.1 Å². The Kier molecular flexibility index (Phi) is 10.3. The monoisotopic (exact) mass is 647 g/mol. The molecule has 12 nitrogen and oxygen atoms in total. The standard InChI is InChI=1S/C35H37NO11/c1-6-35(4,5)34(44)46-17-22(47-28(40)12-11-27(38)39)16-45-33(43)20-7-9-23-24(14-20)32(42)29(31(23)41)30-26(37)15-21-13-19(18(2)3)8-10-25(21)36-30/h7-10,13-15,18,22,37,42H,6,11-12,16-17H2,1-5H3,(H,38,39). The Morgan fingerprint density at radius 1 is 0.915 bits per heavy atom. The minimum Gasteiger partial charge on any atom is -0.506 e. The van der Waals surface area contributed by atoms with Gasteiger partial charge in [0.05, 0.1) is 34.9 Å². The first kappa shape index (κ1) is 34.6. The van der Waals surface area contributed by atoms with Crippen LogP contribution in [-0.4, -0.2) is 69.3 Å². The highest BCUT2D eigenvalue weighted by Crippen LogP contribution is 2.40. The van der Waals surface area contributed by atoms with Crippen LogP contribution in [0, 0.1) is 5.41 Å². The van der Waals surface area contributed by atoms with Crippen LogP contribution in [0.3, 0.4) is 0 Å². The molecule has 1 aliphatic carbocycles. The van der Waals surface area contributed by atoms with Crippen LogP contribution in [0.1, 0.15) is 97.3 Å². The first-order valence-electron chi connectivity index (χ1n) is 15.1. The number of pyridine rings is 1. The molecule has 0 bridgehead atoms. The van der Waals surface area contributed by atoms with Gasteiger partial charge < -0.3 is 29.5 Å². The molecule has 2 aromatic carbocycles. The van der Waals surface area contributed by atoms with Crippen LogP contribution in [0.5, 0.6) is 5.75 Å². The largest absolute Gasteiger partial charge is 0.506 e. The second-order valence-electron chi connectivity index (χ2n) is 12.2. The van der Waals surface area contributed by atoms with Gasteiger partial charge >= 0.3 is 23.9 Å². The minimum absolute atomic E-state index is 0.0308. The second-order valence-corrected chi connectivity index (χ2v) is 12.2. The fraction of sp³-hybridized carbons (Fsp3) is 0.371. The minimum atomic E-state index is -1.23. The summed E-state index contributed by atoms with van der Waals surface area (Å²) in [5, 5.41) is 31.4. The number of carbonyl (C=O) groups is 5. The van der Waals surface area contributed by atoms with Crippen molar-refractivity contribution in [1.82, 2.24) is 4.98 Å². The number of carbonyl (C=O) groups excluding carboxylic acids is 4. The van der Waals surface area contributed by atoms with Crippen molar-refractivity contribution < 1.29 is 53.5 Å². The number of ether oxygens (including phenoxy) is 3. The second kappa shape index (κ2) is 14.0. The van der Waals surface area contributed by atoms with Crippen molar-refractivity contribution >= 4 is 51.9 Å². The Hall–Kier alpha value is -5.26. The fourth-order valence-electron chi connectivity index (χ4n) is 4.72. The molecule has 47 heavy (non-hydrogen) atoms. The number of benzene rings is 2. The maximum Gasteiger partial charge on any atom is 0.338 e. The van der Waals surface area contributed by atoms with Crippen LogP contribution in [0.15, 0.2) is 42.5 Å². The van der Waals surface area contributed by atoms with E-state index >= 15 is 0 Å². The molecule has 12 heteroatoms. The molecule has 0 saturated carbocycles. The zero-order valence-electron chi connectivity index (χ0n) is 26.8. The third-order valence-corrected chi connectivity index (χ3v) is 8.02. The molecule has 3 aromatic rings. The van der Waals surface area contributed by atoms with Gasteiger partial charge in [-0.2, -0.15) is 0 Å². The molecule has 1 aromatic heterocycles. The first-order chi connectivity index (χ1) is 22.1. The lowest BCUT2D eigenvalue weighted by molar-refractivity contribution is -0.167. The molecule has 0 radical (unpaired) electrons. The van der Waals surface area contributed by atoms with Gasteiger partial charge in [-0.3, -0.25) is 19.2 Å². The van der Waals surface area contributed by atoms with E-state index in [1.807, 2.05) is 26.0 Å². The lowest BCUT2D eigenvalue weighted by atomic mass is 9.91. The Labute approximate surface area is 271 Å². The number of aromatic hydroxyl groups is 1. The number of nitrogens with zero attached hydrogens (tertiary/aromatic N) is 1. The molecule has 1 aliphatic rings. The van der Waals surface area contributed by atoms with Crippen LogP contribution >= 0.6 is 0 Å². The number of carboxylic acids is 1. The predicted molar refractivity (Wildman–Crippen MR) is 170 cm³/mol. The summed E-state index contributed by atoms with van der Waals surface area (Å²) in [4.78, 5) is 66.3. The normalized spacial score (nSPS) is 13.4. The molecule has 1 heterocycles. The average Bonchev–Trinajstić information content (AvgIpc) is 3.28. The summed E-state index contributed by atoms with van der Waals surface area (Å²) in [6.07, 6.45) is -1.68. The number of allylic oxidation sites excluding steroid dienone is 1. The number of aliphatic hydroxyl groups is 1. The molecule has 0 aliphatic heterocycles. The van der Waals surface area contributed by atoms with E-state index < -0.39 is 73.0 Å². The summed E-state index contributed by atoms with van der Waals surface area (Å²) in [5.41, 5.74) is 0.472. The summed E-state index contributed by atoms with van der Waals surface area (Å²) in [5.74, 6) is -4.67. The first-order valence-corrected chi connectivity index (χ1v) is 15.1. The fourth-order valence-corrected chi connectivity index (χ4v) is 4.72. The molecule has 0 amide bonds. The van der Waals surface area contributed by atoms with Gasteiger partial charge in [-0.25, -0.2) is 9.78 Å². The predicted octanol–water partition coefficient (Wildman–Crippen LogP) is 5.60. The van der Waals surface area contributed by atoms with Crippen molar-refractivity contribution in [2.24, 2.45) is 5.41 Å². The third kappa shape index (κ3) is 7.76. The number of Topliss-reactive ketones (excluding diaryl/α,β-unsaturated/α-hetero) is 1. The van der Waals surface area contributed by atoms with E-state index in [4.69, 9.17) is 19.3 Å². The number of carboxylic acid groups (broad SMARTS) is 1. The van der Waals surface area contributed by atoms with Crippen molar-refractivity contribution in [3.05, 3.63) is 70.4 Å². The van der Waals surface area contributed by atoms with E-state index in [9.17, 15) is 34.2 Å². The average molecular weight is 648 g/mol. The molecule has 1 atom stereocenters. The molecular formula is C35H37NO11. The van der Waals surface area contributed by atoms with Gasteiger partial charge in [0.25, 0.3) is 0 Å². The van der Waals surface area contributed by atoms with Gasteiger partial charge in [-0.15, -0.1) is 0 Å². The number of aliphatic carboxylic acids is 1. The maximum absolute atomic E-state index is 13.3. The highest BCUT2D eigenvalue weighted by atomic mass is 16.6. The van der Waals surface area contributed by atoms with Gasteiger partial charge in [0.2, 0.25) is 0 Å². The van der Waals surface area contributed by atoms with Crippen LogP contribution in [0.4, 0.5) is 0 Å². The van der Waals surface area contributed by atoms with Crippen molar-refractivity contribution in [3.63, 3.8) is 0 Å². The molecule has 0 saturated heterocycles. The van der Waals surface area contributed by atoms with Crippen molar-refractivity contribution in [2.75, 3.05) is 13.2 Å². The summed E-state index contributed by atoms with van der Waals surface area (Å²) in [6, 6.07) is 10.9. The number of ketones is 1. The molecule has 3 N–H and O–H groups in total. The van der Waals surface area contributed by atoms with Crippen LogP contribution < -0.4 is 0 Å². The molecular weight excluding hydrogens is 610 g/mol. The molecule has 4 rings (SSSR count). The molecule has 248 valence electrons. The smallest absolute Gasteiger partial charge is 0.338 e. The highest BCUT2D eigenvalue weighted by molar-refractivity contribution is 6.39. The zero-order valence-corrected chi connectivity index (χ0v) is 26.8. The van der Waals surface area contributed by atoms with Gasteiger partial charge in [0.1, 0.15) is 30.4 Å². The number of aliphatic hydroxyl groups excluding tert-OH is 1. The summed E-state index contributed by atoms with van der Waals surface area (Å²) < 4.78 is 15.9. The number of esters is 3. The Morgan fingerprint density at radius 2 is 1.62 bits per heavy atom. The van der Waals surface area contributed by atoms with Gasteiger partial charge in [0.15, 0.2) is 11.9 Å². The van der Waals surface area contributed by atoms with E-state index in [2.05, 4.69) is 4.98 Å². The summed E-state index contributed by atoms with van der Waals surface area (Å²) in [6.45, 7) is 8.25. The van der Waals surface area contributed by atoms with Gasteiger partial charge in [0, 0.05) is 16.5 Å². The van der Waals surface area contributed by atoms with Crippen LogP contribution in [-0.2, 0) is 28.6 Å². The Bertz CT molecular complexity index is 1790. The van der Waals surface area contributed by atoms with Gasteiger partial charge in [-0.1, -0.05) is 26.8 Å².